The van der Waals surface area contributed by atoms with Gasteiger partial charge in [0, 0.05) is 42.2 Å². The van der Waals surface area contributed by atoms with E-state index in [1.807, 2.05) is 31.0 Å². The number of aromatic nitrogens is 3. The fraction of sp³-hybridized carbons (Fsp3) is 0.635. The first-order valence-corrected chi connectivity index (χ1v) is 28.5. The highest BCUT2D eigenvalue weighted by atomic mass is 28.4. The monoisotopic (exact) mass is 932 g/mol. The van der Waals surface area contributed by atoms with E-state index in [2.05, 4.69) is 99.4 Å². The molecule has 356 valence electrons. The first-order valence-electron chi connectivity index (χ1n) is 24.1. The number of hydrogen-bond acceptors (Lipinski definition) is 8. The number of aliphatic hydroxyl groups is 1. The van der Waals surface area contributed by atoms with Gasteiger partial charge in [0.15, 0.2) is 5.82 Å². The van der Waals surface area contributed by atoms with E-state index in [4.69, 9.17) is 24.1 Å². The molecule has 4 heterocycles. The summed E-state index contributed by atoms with van der Waals surface area (Å²) in [6.45, 7) is 32.4. The minimum Gasteiger partial charge on any atom is -0.543 e. The normalized spacial score (nSPS) is 21.4. The SMILES string of the molecule is CC(C)[Si](C#Cc1c(F)ccc2cc(O[Si](C(C)C)(C(C)C)C(C)C)cc(-c3ncc4c(N5CCC[C@@](C)(O)C5)nc(OC[C@]5(C)CN(C)CC[C@@H]5CF)nc4c3F)c12)(C(C)C)C(C)C. The third kappa shape index (κ3) is 9.71. The van der Waals surface area contributed by atoms with Crippen LogP contribution in [0.3, 0.4) is 0 Å². The molecule has 2 saturated heterocycles. The van der Waals surface area contributed by atoms with Crippen LogP contribution in [0.4, 0.5) is 19.0 Å². The molecule has 0 bridgehead atoms. The van der Waals surface area contributed by atoms with E-state index in [9.17, 15) is 9.50 Å². The zero-order valence-corrected chi connectivity index (χ0v) is 43.9. The van der Waals surface area contributed by atoms with E-state index in [1.165, 1.54) is 6.07 Å². The number of pyridine rings is 1. The Bertz CT molecular complexity index is 2370. The average Bonchev–Trinajstić information content (AvgIpc) is 3.21. The second-order valence-corrected chi connectivity index (χ2v) is 32.9. The average molecular weight is 932 g/mol. The summed E-state index contributed by atoms with van der Waals surface area (Å²) < 4.78 is 62.9. The molecule has 0 aliphatic carbocycles. The van der Waals surface area contributed by atoms with Crippen molar-refractivity contribution in [2.24, 2.45) is 11.3 Å². The number of β-amino-alcohol motifs (C(OH)–C–C–N with tert-alkyl or cyclic N) is 1. The molecule has 2 aliphatic heterocycles. The summed E-state index contributed by atoms with van der Waals surface area (Å²) in [6.07, 6.45) is 3.58. The number of halogens is 3. The summed E-state index contributed by atoms with van der Waals surface area (Å²) in [5, 5.41) is 12.7. The van der Waals surface area contributed by atoms with E-state index >= 15 is 8.78 Å². The quantitative estimate of drug-likeness (QED) is 0.0989. The molecule has 2 aliphatic rings. The van der Waals surface area contributed by atoms with Gasteiger partial charge in [0.25, 0.3) is 8.32 Å². The molecule has 13 heteroatoms. The number of benzene rings is 2. The number of fused-ring (bicyclic) bond motifs is 2. The summed E-state index contributed by atoms with van der Waals surface area (Å²) in [5.74, 6) is 2.96. The molecule has 0 unspecified atom stereocenters. The van der Waals surface area contributed by atoms with Crippen molar-refractivity contribution < 1.29 is 27.4 Å². The predicted octanol–water partition coefficient (Wildman–Crippen LogP) is 12.9. The Hall–Kier alpha value is -3.71. The summed E-state index contributed by atoms with van der Waals surface area (Å²) in [4.78, 5) is 18.6. The van der Waals surface area contributed by atoms with Crippen LogP contribution in [0.1, 0.15) is 122 Å². The van der Waals surface area contributed by atoms with E-state index < -0.39 is 45.7 Å². The van der Waals surface area contributed by atoms with Crippen molar-refractivity contribution in [3.05, 3.63) is 47.7 Å². The van der Waals surface area contributed by atoms with Crippen LogP contribution >= 0.6 is 0 Å². The lowest BCUT2D eigenvalue weighted by Crippen LogP contribution is -2.50. The van der Waals surface area contributed by atoms with E-state index in [0.29, 0.717) is 82.3 Å². The summed E-state index contributed by atoms with van der Waals surface area (Å²) in [5.41, 5.74) is 4.43. The van der Waals surface area contributed by atoms with Gasteiger partial charge in [-0.3, -0.25) is 9.37 Å². The maximum Gasteiger partial charge on any atom is 0.319 e. The highest BCUT2D eigenvalue weighted by molar-refractivity contribution is 6.90. The maximum absolute atomic E-state index is 18.1. The molecule has 3 atom stereocenters. The zero-order chi connectivity index (χ0) is 48.0. The van der Waals surface area contributed by atoms with Gasteiger partial charge in [-0.2, -0.15) is 9.97 Å². The number of alkyl halides is 1. The maximum atomic E-state index is 18.1. The predicted molar refractivity (Wildman–Crippen MR) is 267 cm³/mol. The van der Waals surface area contributed by atoms with Crippen molar-refractivity contribution in [3.63, 3.8) is 0 Å². The smallest absolute Gasteiger partial charge is 0.319 e. The Kier molecular flexibility index (Phi) is 15.2. The Morgan fingerprint density at radius 2 is 1.52 bits per heavy atom. The molecule has 4 aromatic rings. The Morgan fingerprint density at radius 3 is 2.11 bits per heavy atom. The van der Waals surface area contributed by atoms with Crippen molar-refractivity contribution in [1.82, 2.24) is 19.9 Å². The molecule has 65 heavy (non-hydrogen) atoms. The molecular weight excluding hydrogens is 856 g/mol. The van der Waals surface area contributed by atoms with E-state index in [1.54, 1.807) is 19.2 Å². The Morgan fingerprint density at radius 1 is 0.877 bits per heavy atom. The fourth-order valence-electron chi connectivity index (χ4n) is 12.1. The molecule has 0 radical (unpaired) electrons. The number of likely N-dealkylation sites (tertiary alicyclic amines) is 1. The molecule has 8 nitrogen and oxygen atoms in total. The number of ether oxygens (including phenoxy) is 1. The first kappa shape index (κ1) is 50.7. The highest BCUT2D eigenvalue weighted by Gasteiger charge is 2.47. The molecular formula is C52H76F3N5O3Si2. The van der Waals surface area contributed by atoms with Crippen LogP contribution in [-0.2, 0) is 0 Å². The molecule has 1 N–H and O–H groups in total. The minimum absolute atomic E-state index is 0.0159. The highest BCUT2D eigenvalue weighted by Crippen LogP contribution is 2.47. The summed E-state index contributed by atoms with van der Waals surface area (Å²) in [6, 6.07) is 6.93. The Labute approximate surface area is 389 Å². The molecule has 6 rings (SSSR count). The lowest BCUT2D eigenvalue weighted by molar-refractivity contribution is 0.000293. The lowest BCUT2D eigenvalue weighted by atomic mass is 9.73. The fourth-order valence-corrected chi connectivity index (χ4v) is 22.5. The van der Waals surface area contributed by atoms with Gasteiger partial charge in [0.1, 0.15) is 36.7 Å². The van der Waals surface area contributed by atoms with Gasteiger partial charge < -0.3 is 24.1 Å². The second kappa shape index (κ2) is 19.5. The standard InChI is InChI=1S/C52H76F3N5O3Si2/c1-32(2)64(33(3)4,34(5)6)24-20-41-44(54)18-17-38-25-40(63-65(35(7)8,36(9)10)37(11)12)26-42(45(38)41)47-46(55)48-43(28-56-47)49(60-22-16-21-52(14,61)30-60)58-50(57-48)62-31-51(13)29-59(15)23-19-39(51)27-53/h17-18,25-26,28,32-37,39,61H,16,19,21-23,27,29-31H2,1-15H3/t39-,51+,52-/m1/s1. The molecule has 2 fully saturated rings. The van der Waals surface area contributed by atoms with Gasteiger partial charge >= 0.3 is 6.01 Å². The molecule has 2 aromatic carbocycles. The van der Waals surface area contributed by atoms with Gasteiger partial charge in [-0.05, 0) is 103 Å². The summed E-state index contributed by atoms with van der Waals surface area (Å²) >= 11 is 0. The molecule has 2 aromatic heterocycles. The summed E-state index contributed by atoms with van der Waals surface area (Å²) in [7, 11) is -2.84. The third-order valence-electron chi connectivity index (χ3n) is 15.4. The number of rotatable bonds is 14. The number of anilines is 1. The van der Waals surface area contributed by atoms with Crippen LogP contribution in [0.25, 0.3) is 32.9 Å². The molecule has 0 saturated carbocycles. The van der Waals surface area contributed by atoms with Crippen LogP contribution in [-0.4, -0.2) is 93.5 Å². The van der Waals surface area contributed by atoms with Crippen molar-refractivity contribution in [1.29, 1.82) is 0 Å². The van der Waals surface area contributed by atoms with Crippen molar-refractivity contribution in [2.75, 3.05) is 51.4 Å². The van der Waals surface area contributed by atoms with Gasteiger partial charge in [-0.15, -0.1) is 5.54 Å². The minimum atomic E-state index is -2.53. The van der Waals surface area contributed by atoms with Crippen LogP contribution in [0.15, 0.2) is 30.5 Å². The third-order valence-corrected chi connectivity index (χ3v) is 27.7. The van der Waals surface area contributed by atoms with Crippen LogP contribution in [0, 0.1) is 34.4 Å². The second-order valence-electron chi connectivity index (χ2n) is 21.9. The topological polar surface area (TPSA) is 83.8 Å². The van der Waals surface area contributed by atoms with Crippen LogP contribution < -0.4 is 14.1 Å². The number of piperidine rings is 2. The van der Waals surface area contributed by atoms with Gasteiger partial charge in [-0.1, -0.05) is 102 Å². The van der Waals surface area contributed by atoms with Crippen molar-refractivity contribution in [3.8, 4) is 34.5 Å². The first-order chi connectivity index (χ1) is 30.4. The van der Waals surface area contributed by atoms with Crippen molar-refractivity contribution >= 4 is 43.9 Å². The lowest BCUT2D eigenvalue weighted by Gasteiger charge is -2.43. The van der Waals surface area contributed by atoms with Gasteiger partial charge in [0.2, 0.25) is 0 Å². The van der Waals surface area contributed by atoms with Gasteiger partial charge in [-0.25, -0.2) is 8.78 Å². The largest absolute Gasteiger partial charge is 0.543 e. The van der Waals surface area contributed by atoms with Gasteiger partial charge in [0.05, 0.1) is 29.8 Å². The number of nitrogens with zero attached hydrogens (tertiary/aromatic N) is 5. The van der Waals surface area contributed by atoms with E-state index in [0.717, 1.165) is 6.54 Å². The van der Waals surface area contributed by atoms with E-state index in [-0.39, 0.29) is 58.5 Å². The zero-order valence-electron chi connectivity index (χ0n) is 41.9. The molecule has 0 spiro atoms. The molecule has 0 amide bonds. The van der Waals surface area contributed by atoms with Crippen LogP contribution in [0.2, 0.25) is 33.2 Å². The Balaban J connectivity index is 1.65. The van der Waals surface area contributed by atoms with Crippen molar-refractivity contribution in [2.45, 2.75) is 155 Å². The van der Waals surface area contributed by atoms with Crippen LogP contribution in [0.5, 0.6) is 11.8 Å². The number of hydrogen-bond donors (Lipinski definition) is 1.